The predicted octanol–water partition coefficient (Wildman–Crippen LogP) is 2.75. The summed E-state index contributed by atoms with van der Waals surface area (Å²) in [7, 11) is 0. The fourth-order valence-electron chi connectivity index (χ4n) is 2.63. The molecule has 0 amide bonds. The highest BCUT2D eigenvalue weighted by atomic mass is 35.5. The summed E-state index contributed by atoms with van der Waals surface area (Å²) in [6.07, 6.45) is 0. The van der Waals surface area contributed by atoms with E-state index in [1.165, 1.54) is 0 Å². The number of hydrogen-bond donors (Lipinski definition) is 0. The zero-order chi connectivity index (χ0) is 13.9. The molecule has 108 valence electrons. The van der Waals surface area contributed by atoms with Crippen molar-refractivity contribution in [2.24, 2.45) is 0 Å². The van der Waals surface area contributed by atoms with E-state index in [1.54, 1.807) is 11.8 Å². The second kappa shape index (κ2) is 6.52. The van der Waals surface area contributed by atoms with Gasteiger partial charge in [0.1, 0.15) is 4.32 Å². The number of halogens is 1. The molecule has 2 heterocycles. The van der Waals surface area contributed by atoms with Crippen LogP contribution in [0.25, 0.3) is 0 Å². The van der Waals surface area contributed by atoms with E-state index >= 15 is 0 Å². The van der Waals surface area contributed by atoms with E-state index in [4.69, 9.17) is 23.8 Å². The van der Waals surface area contributed by atoms with Crippen LogP contribution >= 0.6 is 35.6 Å². The number of anilines is 1. The summed E-state index contributed by atoms with van der Waals surface area (Å²) in [5, 5.41) is 0.845. The average molecular weight is 328 g/mol. The highest BCUT2D eigenvalue weighted by Gasteiger charge is 2.23. The quantitative estimate of drug-likeness (QED) is 0.787. The summed E-state index contributed by atoms with van der Waals surface area (Å²) in [6, 6.07) is 8.09. The van der Waals surface area contributed by atoms with Crippen molar-refractivity contribution in [1.29, 1.82) is 0 Å². The Kier molecular flexibility index (Phi) is 4.71. The number of hydrogen-bond acceptors (Lipinski definition) is 4. The van der Waals surface area contributed by atoms with Gasteiger partial charge in [0.15, 0.2) is 0 Å². The Hall–Kier alpha value is -0.490. The highest BCUT2D eigenvalue weighted by Crippen LogP contribution is 2.26. The summed E-state index contributed by atoms with van der Waals surface area (Å²) in [5.74, 6) is 1.14. The molecule has 0 radical (unpaired) electrons. The van der Waals surface area contributed by atoms with E-state index in [2.05, 4.69) is 20.8 Å². The molecule has 2 fully saturated rings. The molecule has 3 rings (SSSR count). The first kappa shape index (κ1) is 14.4. The van der Waals surface area contributed by atoms with Crippen LogP contribution in [0.5, 0.6) is 0 Å². The largest absolute Gasteiger partial charge is 0.368 e. The van der Waals surface area contributed by atoms with Gasteiger partial charge in [0, 0.05) is 38.5 Å². The fourth-order valence-corrected chi connectivity index (χ4v) is 4.11. The number of para-hydroxylation sites is 1. The van der Waals surface area contributed by atoms with Crippen LogP contribution in [0, 0.1) is 0 Å². The predicted molar refractivity (Wildman–Crippen MR) is 91.9 cm³/mol. The number of rotatable bonds is 3. The van der Waals surface area contributed by atoms with Gasteiger partial charge in [0.05, 0.1) is 17.4 Å². The minimum Gasteiger partial charge on any atom is -0.368 e. The third-order valence-electron chi connectivity index (χ3n) is 3.78. The average Bonchev–Trinajstić information content (AvgIpc) is 2.86. The zero-order valence-electron chi connectivity index (χ0n) is 11.3. The normalized spacial score (nSPS) is 20.8. The molecule has 0 bridgehead atoms. The lowest BCUT2D eigenvalue weighted by atomic mass is 10.2. The van der Waals surface area contributed by atoms with Gasteiger partial charge in [0.25, 0.3) is 0 Å². The first-order valence-corrected chi connectivity index (χ1v) is 8.65. The summed E-state index contributed by atoms with van der Waals surface area (Å²) in [5.41, 5.74) is 1.15. The SMILES string of the molecule is S=C1SCCN1CN1CCN(c2ccccc2Cl)CC1. The summed E-state index contributed by atoms with van der Waals surface area (Å²) >= 11 is 13.4. The van der Waals surface area contributed by atoms with Crippen LogP contribution in [0.15, 0.2) is 24.3 Å². The Morgan fingerprint density at radius 3 is 2.50 bits per heavy atom. The van der Waals surface area contributed by atoms with Crippen molar-refractivity contribution in [2.45, 2.75) is 0 Å². The van der Waals surface area contributed by atoms with Gasteiger partial charge in [-0.25, -0.2) is 0 Å². The molecule has 0 aliphatic carbocycles. The van der Waals surface area contributed by atoms with Gasteiger partial charge >= 0.3 is 0 Å². The van der Waals surface area contributed by atoms with Gasteiger partial charge in [0.2, 0.25) is 0 Å². The van der Waals surface area contributed by atoms with Crippen LogP contribution in [0.1, 0.15) is 0 Å². The van der Waals surface area contributed by atoms with Gasteiger partial charge < -0.3 is 9.80 Å². The molecule has 0 saturated carbocycles. The van der Waals surface area contributed by atoms with E-state index in [0.717, 1.165) is 60.2 Å². The third-order valence-corrected chi connectivity index (χ3v) is 5.60. The molecule has 2 aliphatic rings. The van der Waals surface area contributed by atoms with Gasteiger partial charge in [-0.1, -0.05) is 47.7 Å². The van der Waals surface area contributed by atoms with Gasteiger partial charge in [-0.15, -0.1) is 0 Å². The van der Waals surface area contributed by atoms with Crippen LogP contribution in [0.4, 0.5) is 5.69 Å². The summed E-state index contributed by atoms with van der Waals surface area (Å²) in [4.78, 5) is 7.16. The van der Waals surface area contributed by atoms with E-state index in [-0.39, 0.29) is 0 Å². The molecule has 1 aromatic carbocycles. The lowest BCUT2D eigenvalue weighted by molar-refractivity contribution is 0.187. The van der Waals surface area contributed by atoms with E-state index in [0.29, 0.717) is 0 Å². The maximum Gasteiger partial charge on any atom is 0.137 e. The number of thioether (sulfide) groups is 1. The Labute approximate surface area is 134 Å². The van der Waals surface area contributed by atoms with Crippen molar-refractivity contribution in [3.8, 4) is 0 Å². The molecule has 0 aromatic heterocycles. The molecule has 0 atom stereocenters. The number of benzene rings is 1. The monoisotopic (exact) mass is 327 g/mol. The number of thiocarbonyl (C=S) groups is 1. The van der Waals surface area contributed by atoms with Crippen molar-refractivity contribution in [3.05, 3.63) is 29.3 Å². The van der Waals surface area contributed by atoms with Gasteiger partial charge in [-0.3, -0.25) is 4.90 Å². The van der Waals surface area contributed by atoms with Crippen LogP contribution in [0.3, 0.4) is 0 Å². The van der Waals surface area contributed by atoms with Crippen LogP contribution < -0.4 is 4.90 Å². The van der Waals surface area contributed by atoms with Crippen LogP contribution in [0.2, 0.25) is 5.02 Å². The van der Waals surface area contributed by atoms with Crippen molar-refractivity contribution in [1.82, 2.24) is 9.80 Å². The summed E-state index contributed by atoms with van der Waals surface area (Å²) < 4.78 is 1.05. The van der Waals surface area contributed by atoms with Crippen LogP contribution in [-0.2, 0) is 0 Å². The Morgan fingerprint density at radius 2 is 1.85 bits per heavy atom. The highest BCUT2D eigenvalue weighted by molar-refractivity contribution is 8.23. The molecule has 3 nitrogen and oxygen atoms in total. The Bertz CT molecular complexity index is 489. The smallest absolute Gasteiger partial charge is 0.137 e. The first-order chi connectivity index (χ1) is 9.74. The van der Waals surface area contributed by atoms with Crippen molar-refractivity contribution in [2.75, 3.05) is 50.0 Å². The topological polar surface area (TPSA) is 9.72 Å². The lowest BCUT2D eigenvalue weighted by Crippen LogP contribution is -2.50. The molecule has 6 heteroatoms. The first-order valence-electron chi connectivity index (χ1n) is 6.87. The standard InChI is InChI=1S/C14H18ClN3S2/c15-12-3-1-2-4-13(12)17-7-5-16(6-8-17)11-18-9-10-20-14(18)19/h1-4H,5-11H2. The molecule has 0 unspecified atom stereocenters. The van der Waals surface area contributed by atoms with E-state index in [9.17, 15) is 0 Å². The molecular formula is C14H18ClN3S2. The molecule has 1 aromatic rings. The molecule has 2 aliphatic heterocycles. The molecule has 20 heavy (non-hydrogen) atoms. The van der Waals surface area contributed by atoms with Crippen LogP contribution in [-0.4, -0.2) is 59.3 Å². The minimum atomic E-state index is 0.845. The minimum absolute atomic E-state index is 0.845. The van der Waals surface area contributed by atoms with Gasteiger partial charge in [-0.05, 0) is 12.1 Å². The number of nitrogens with zero attached hydrogens (tertiary/aromatic N) is 3. The van der Waals surface area contributed by atoms with E-state index in [1.807, 2.05) is 18.2 Å². The van der Waals surface area contributed by atoms with Gasteiger partial charge in [-0.2, -0.15) is 0 Å². The van der Waals surface area contributed by atoms with Crippen molar-refractivity contribution >= 4 is 45.6 Å². The fraction of sp³-hybridized carbons (Fsp3) is 0.500. The second-order valence-corrected chi connectivity index (χ2v) is 7.21. The Balaban J connectivity index is 1.54. The maximum atomic E-state index is 6.27. The Morgan fingerprint density at radius 1 is 1.10 bits per heavy atom. The molecule has 0 N–H and O–H groups in total. The molecule has 2 saturated heterocycles. The maximum absolute atomic E-state index is 6.27. The molecule has 0 spiro atoms. The summed E-state index contributed by atoms with van der Waals surface area (Å²) in [6.45, 7) is 6.25. The van der Waals surface area contributed by atoms with E-state index < -0.39 is 0 Å². The lowest BCUT2D eigenvalue weighted by Gasteiger charge is -2.38. The van der Waals surface area contributed by atoms with Crippen molar-refractivity contribution in [3.63, 3.8) is 0 Å². The van der Waals surface area contributed by atoms with Crippen molar-refractivity contribution < 1.29 is 0 Å². The molecular weight excluding hydrogens is 310 g/mol. The second-order valence-electron chi connectivity index (χ2n) is 5.08. The third kappa shape index (κ3) is 3.22. The number of piperazine rings is 1. The zero-order valence-corrected chi connectivity index (χ0v) is 13.7.